The first-order chi connectivity index (χ1) is 15.0. The fourth-order valence-electron chi connectivity index (χ4n) is 4.52. The van der Waals surface area contributed by atoms with Crippen molar-refractivity contribution in [2.45, 2.75) is 32.4 Å². The quantitative estimate of drug-likeness (QED) is 0.786. The molecule has 1 fully saturated rings. The monoisotopic (exact) mass is 425 g/mol. The van der Waals surface area contributed by atoms with Gasteiger partial charge in [0.1, 0.15) is 12.1 Å². The molecule has 164 valence electrons. The van der Waals surface area contributed by atoms with E-state index in [-0.39, 0.29) is 18.1 Å². The van der Waals surface area contributed by atoms with Gasteiger partial charge in [0.25, 0.3) is 5.91 Å². The Balaban J connectivity index is 1.12. The molecule has 7 heteroatoms. The first-order valence-electron chi connectivity index (χ1n) is 10.9. The van der Waals surface area contributed by atoms with Crippen LogP contribution in [-0.2, 0) is 17.8 Å². The summed E-state index contributed by atoms with van der Waals surface area (Å²) in [5, 5.41) is 0. The number of piperazine rings is 1. The number of ether oxygens (including phenoxy) is 4. The van der Waals surface area contributed by atoms with Crippen molar-refractivity contribution in [3.05, 3.63) is 47.5 Å². The van der Waals surface area contributed by atoms with Crippen molar-refractivity contribution in [1.29, 1.82) is 0 Å². The summed E-state index contributed by atoms with van der Waals surface area (Å²) in [6.07, 6.45) is 0.849. The molecule has 0 spiro atoms. The van der Waals surface area contributed by atoms with E-state index < -0.39 is 0 Å². The maximum Gasteiger partial charge on any atom is 0.260 e. The number of hydrogen-bond acceptors (Lipinski definition) is 5. The van der Waals surface area contributed by atoms with Gasteiger partial charge in [-0.2, -0.15) is 0 Å². The lowest BCUT2D eigenvalue weighted by Gasteiger charge is -2.32. The first kappa shape index (κ1) is 20.0. The highest BCUT2D eigenvalue weighted by molar-refractivity contribution is 5.78. The van der Waals surface area contributed by atoms with Crippen LogP contribution in [0, 0.1) is 0 Å². The van der Waals surface area contributed by atoms with Gasteiger partial charge in [0.15, 0.2) is 29.6 Å². The van der Waals surface area contributed by atoms with E-state index in [1.54, 1.807) is 0 Å². The van der Waals surface area contributed by atoms with Gasteiger partial charge in [-0.25, -0.2) is 0 Å². The predicted molar refractivity (Wildman–Crippen MR) is 114 cm³/mol. The van der Waals surface area contributed by atoms with Gasteiger partial charge < -0.3 is 28.7 Å². The summed E-state index contributed by atoms with van der Waals surface area (Å²) in [7, 11) is 0. The van der Waals surface area contributed by atoms with Crippen molar-refractivity contribution in [2.24, 2.45) is 0 Å². The Bertz CT molecular complexity index is 982. The second-order valence-corrected chi connectivity index (χ2v) is 9.07. The lowest BCUT2D eigenvalue weighted by molar-refractivity contribution is -0.917. The highest BCUT2D eigenvalue weighted by Crippen LogP contribution is 2.41. The zero-order valence-corrected chi connectivity index (χ0v) is 18.1. The van der Waals surface area contributed by atoms with E-state index >= 15 is 0 Å². The lowest BCUT2D eigenvalue weighted by atomic mass is 10.0. The van der Waals surface area contributed by atoms with Gasteiger partial charge in [0.2, 0.25) is 6.79 Å². The van der Waals surface area contributed by atoms with Gasteiger partial charge in [0, 0.05) is 17.5 Å². The molecule has 3 aliphatic heterocycles. The molecule has 0 aliphatic carbocycles. The molecule has 3 heterocycles. The van der Waals surface area contributed by atoms with Gasteiger partial charge in [-0.05, 0) is 38.1 Å². The Morgan fingerprint density at radius 3 is 2.77 bits per heavy atom. The number of rotatable bonds is 5. The molecule has 0 atom stereocenters. The smallest absolute Gasteiger partial charge is 0.260 e. The third-order valence-electron chi connectivity index (χ3n) is 6.12. The topological polar surface area (TPSA) is 61.7 Å². The van der Waals surface area contributed by atoms with Crippen molar-refractivity contribution >= 4 is 5.91 Å². The fourth-order valence-corrected chi connectivity index (χ4v) is 4.52. The third kappa shape index (κ3) is 4.28. The van der Waals surface area contributed by atoms with E-state index in [0.717, 1.165) is 62.0 Å². The average molecular weight is 426 g/mol. The van der Waals surface area contributed by atoms with Crippen LogP contribution >= 0.6 is 0 Å². The molecule has 2 aromatic carbocycles. The molecule has 7 nitrogen and oxygen atoms in total. The minimum absolute atomic E-state index is 0.0250. The van der Waals surface area contributed by atoms with Crippen LogP contribution in [0.1, 0.15) is 25.0 Å². The van der Waals surface area contributed by atoms with Crippen LogP contribution < -0.4 is 23.8 Å². The van der Waals surface area contributed by atoms with Gasteiger partial charge in [0.05, 0.1) is 26.2 Å². The molecule has 2 aromatic rings. The average Bonchev–Trinajstić information content (AvgIpc) is 3.34. The number of carbonyl (C=O) groups excluding carboxylic acids is 1. The minimum atomic E-state index is -0.233. The van der Waals surface area contributed by atoms with Crippen LogP contribution in [0.15, 0.2) is 36.4 Å². The molecular formula is C24H29N2O5+. The van der Waals surface area contributed by atoms with Gasteiger partial charge in [-0.1, -0.05) is 12.1 Å². The summed E-state index contributed by atoms with van der Waals surface area (Å²) in [6.45, 7) is 8.68. The van der Waals surface area contributed by atoms with Gasteiger partial charge in [-0.3, -0.25) is 4.79 Å². The Labute approximate surface area is 182 Å². The summed E-state index contributed by atoms with van der Waals surface area (Å²) in [5.74, 6) is 3.09. The fraction of sp³-hybridized carbons (Fsp3) is 0.458. The highest BCUT2D eigenvalue weighted by atomic mass is 16.7. The number of hydrogen-bond donors (Lipinski definition) is 1. The number of benzene rings is 2. The molecule has 1 N–H and O–H groups in total. The molecule has 3 aliphatic rings. The van der Waals surface area contributed by atoms with Crippen LogP contribution in [0.3, 0.4) is 0 Å². The summed E-state index contributed by atoms with van der Waals surface area (Å²) < 4.78 is 22.8. The SMILES string of the molecule is CC1(C)Cc2cccc(OCC(=O)N3CC[NH+](Cc4ccc5c(c4)OCO5)CC3)c2O1. The molecule has 1 saturated heterocycles. The largest absolute Gasteiger partial charge is 0.483 e. The van der Waals surface area contributed by atoms with Crippen molar-refractivity contribution in [1.82, 2.24) is 4.90 Å². The Kier molecular flexibility index (Phi) is 5.14. The standard InChI is InChI=1S/C24H28N2O5/c1-24(2)13-18-4-3-5-20(23(18)31-24)28-15-22(27)26-10-8-25(9-11-26)14-17-6-7-19-21(12-17)30-16-29-19/h3-7,12H,8-11,13-16H2,1-2H3/p+1. The Hall–Kier alpha value is -2.93. The van der Waals surface area contributed by atoms with E-state index in [0.29, 0.717) is 12.5 Å². The zero-order valence-electron chi connectivity index (χ0n) is 18.1. The van der Waals surface area contributed by atoms with Gasteiger partial charge in [-0.15, -0.1) is 0 Å². The van der Waals surface area contributed by atoms with Crippen molar-refractivity contribution < 1.29 is 28.6 Å². The number of nitrogens with one attached hydrogen (secondary N) is 1. The molecule has 0 bridgehead atoms. The molecule has 31 heavy (non-hydrogen) atoms. The first-order valence-corrected chi connectivity index (χ1v) is 10.9. The number of nitrogens with zero attached hydrogens (tertiary/aromatic N) is 1. The molecular weight excluding hydrogens is 396 g/mol. The van der Waals surface area contributed by atoms with Crippen LogP contribution in [0.2, 0.25) is 0 Å². The third-order valence-corrected chi connectivity index (χ3v) is 6.12. The second kappa shape index (κ2) is 7.96. The van der Waals surface area contributed by atoms with Crippen molar-refractivity contribution in [3.8, 4) is 23.0 Å². The Morgan fingerprint density at radius 2 is 1.94 bits per heavy atom. The predicted octanol–water partition coefficient (Wildman–Crippen LogP) is 1.43. The second-order valence-electron chi connectivity index (χ2n) is 9.07. The Morgan fingerprint density at radius 1 is 1.13 bits per heavy atom. The van der Waals surface area contributed by atoms with E-state index in [1.165, 1.54) is 10.5 Å². The summed E-state index contributed by atoms with van der Waals surface area (Å²) in [5.41, 5.74) is 2.13. The molecule has 0 unspecified atom stereocenters. The zero-order chi connectivity index (χ0) is 21.4. The van der Waals surface area contributed by atoms with Crippen LogP contribution in [0.4, 0.5) is 0 Å². The molecule has 5 rings (SSSR count). The maximum atomic E-state index is 12.7. The molecule has 0 aromatic heterocycles. The maximum absolute atomic E-state index is 12.7. The molecule has 0 radical (unpaired) electrons. The van der Waals surface area contributed by atoms with Crippen LogP contribution in [0.25, 0.3) is 0 Å². The van der Waals surface area contributed by atoms with E-state index in [1.807, 2.05) is 23.1 Å². The van der Waals surface area contributed by atoms with Crippen LogP contribution in [0.5, 0.6) is 23.0 Å². The summed E-state index contributed by atoms with van der Waals surface area (Å²) in [6, 6.07) is 12.0. The summed E-state index contributed by atoms with van der Waals surface area (Å²) >= 11 is 0. The number of amides is 1. The van der Waals surface area contributed by atoms with Gasteiger partial charge >= 0.3 is 0 Å². The van der Waals surface area contributed by atoms with E-state index in [9.17, 15) is 4.79 Å². The summed E-state index contributed by atoms with van der Waals surface area (Å²) in [4.78, 5) is 16.1. The van der Waals surface area contributed by atoms with Crippen molar-refractivity contribution in [2.75, 3.05) is 39.6 Å². The molecule has 0 saturated carbocycles. The normalized spacial score (nSPS) is 19.1. The number of carbonyl (C=O) groups is 1. The highest BCUT2D eigenvalue weighted by Gasteiger charge is 2.32. The van der Waals surface area contributed by atoms with Crippen molar-refractivity contribution in [3.63, 3.8) is 0 Å². The van der Waals surface area contributed by atoms with Crippen LogP contribution in [-0.4, -0.2) is 56.0 Å². The minimum Gasteiger partial charge on any atom is -0.483 e. The lowest BCUT2D eigenvalue weighted by Crippen LogP contribution is -3.13. The van der Waals surface area contributed by atoms with E-state index in [2.05, 4.69) is 32.0 Å². The molecule has 1 amide bonds. The number of para-hydroxylation sites is 1. The number of quaternary nitrogens is 1. The van der Waals surface area contributed by atoms with E-state index in [4.69, 9.17) is 18.9 Å². The number of fused-ring (bicyclic) bond motifs is 2.